The molecule has 0 radical (unpaired) electrons. The van der Waals surface area contributed by atoms with Gasteiger partial charge in [0.05, 0.1) is 6.61 Å². The monoisotopic (exact) mass is 175 g/mol. The number of ether oxygens (including phenoxy) is 1. The summed E-state index contributed by atoms with van der Waals surface area (Å²) in [5.41, 5.74) is 3.63. The summed E-state index contributed by atoms with van der Waals surface area (Å²) in [6, 6.07) is 0. The topological polar surface area (TPSA) is 72.5 Å². The summed E-state index contributed by atoms with van der Waals surface area (Å²) in [4.78, 5) is 11.0. The predicted octanol–water partition coefficient (Wildman–Crippen LogP) is 0.0394. The molecule has 0 heterocycles. The van der Waals surface area contributed by atoms with E-state index in [1.165, 1.54) is 6.92 Å². The third-order valence-electron chi connectivity index (χ3n) is 1.57. The Labute approximate surface area is 72.7 Å². The average Bonchev–Trinajstić information content (AvgIpc) is 2.05. The number of esters is 1. The highest BCUT2D eigenvalue weighted by atomic mass is 16.5. The van der Waals surface area contributed by atoms with Gasteiger partial charge in [-0.2, -0.15) is 0 Å². The first kappa shape index (κ1) is 11.4. The fourth-order valence-electron chi connectivity index (χ4n) is 0.548. The lowest BCUT2D eigenvalue weighted by Crippen LogP contribution is -2.43. The summed E-state index contributed by atoms with van der Waals surface area (Å²) in [5, 5.41) is 9.29. The number of aliphatic hydroxyl groups is 1. The van der Waals surface area contributed by atoms with E-state index < -0.39 is 11.6 Å². The molecule has 0 amide bonds. The molecule has 0 aliphatic heterocycles. The van der Waals surface area contributed by atoms with E-state index in [1.807, 2.05) is 6.92 Å². The summed E-state index contributed by atoms with van der Waals surface area (Å²) >= 11 is 0. The van der Waals surface area contributed by atoms with Gasteiger partial charge in [-0.05, 0) is 13.3 Å². The number of hydrogen-bond donors (Lipinski definition) is 2. The molecule has 0 aromatic carbocycles. The van der Waals surface area contributed by atoms with Gasteiger partial charge in [0.15, 0.2) is 5.60 Å². The van der Waals surface area contributed by atoms with Gasteiger partial charge in [-0.25, -0.2) is 4.79 Å². The molecule has 12 heavy (non-hydrogen) atoms. The Morgan fingerprint density at radius 2 is 2.25 bits per heavy atom. The van der Waals surface area contributed by atoms with Gasteiger partial charge in [0, 0.05) is 6.54 Å². The molecule has 0 bridgehead atoms. The predicted molar refractivity (Wildman–Crippen MR) is 45.5 cm³/mol. The van der Waals surface area contributed by atoms with Gasteiger partial charge >= 0.3 is 5.97 Å². The quantitative estimate of drug-likeness (QED) is 0.457. The first-order chi connectivity index (χ1) is 5.54. The van der Waals surface area contributed by atoms with Crippen molar-refractivity contribution >= 4 is 5.97 Å². The van der Waals surface area contributed by atoms with Crippen molar-refractivity contribution < 1.29 is 14.6 Å². The largest absolute Gasteiger partial charge is 0.464 e. The number of hydrogen-bond acceptors (Lipinski definition) is 4. The number of carbonyl (C=O) groups excluding carboxylic acids is 1. The molecule has 0 saturated carbocycles. The minimum atomic E-state index is -1.53. The van der Waals surface area contributed by atoms with E-state index in [4.69, 9.17) is 10.5 Å². The van der Waals surface area contributed by atoms with E-state index in [-0.39, 0.29) is 6.54 Å². The minimum absolute atomic E-state index is 0.113. The molecule has 4 heteroatoms. The zero-order chi connectivity index (χ0) is 9.61. The zero-order valence-corrected chi connectivity index (χ0v) is 7.67. The summed E-state index contributed by atoms with van der Waals surface area (Å²) in [7, 11) is 0. The zero-order valence-electron chi connectivity index (χ0n) is 7.67. The van der Waals surface area contributed by atoms with Crippen molar-refractivity contribution in [1.82, 2.24) is 0 Å². The lowest BCUT2D eigenvalue weighted by atomic mass is 10.1. The maximum atomic E-state index is 11.0. The van der Waals surface area contributed by atoms with Gasteiger partial charge < -0.3 is 15.6 Å². The molecule has 4 nitrogen and oxygen atoms in total. The molecule has 0 rings (SSSR count). The van der Waals surface area contributed by atoms with Gasteiger partial charge in [0.25, 0.3) is 0 Å². The summed E-state index contributed by atoms with van der Waals surface area (Å²) in [6.45, 7) is 3.58. The molecule has 0 aliphatic carbocycles. The maximum Gasteiger partial charge on any atom is 0.339 e. The molecule has 3 N–H and O–H groups in total. The minimum Gasteiger partial charge on any atom is -0.464 e. The van der Waals surface area contributed by atoms with Crippen LogP contribution in [0.25, 0.3) is 0 Å². The molecular weight excluding hydrogens is 158 g/mol. The van der Waals surface area contributed by atoms with E-state index in [1.54, 1.807) is 0 Å². The number of unbranched alkanes of at least 4 members (excludes halogenated alkanes) is 1. The Balaban J connectivity index is 3.72. The molecule has 0 aromatic rings. The fourth-order valence-corrected chi connectivity index (χ4v) is 0.548. The first-order valence-corrected chi connectivity index (χ1v) is 4.14. The van der Waals surface area contributed by atoms with E-state index in [2.05, 4.69) is 0 Å². The van der Waals surface area contributed by atoms with Crippen molar-refractivity contribution in [3.8, 4) is 0 Å². The Bertz CT molecular complexity index is 145. The number of nitrogens with two attached hydrogens (primary N) is 1. The van der Waals surface area contributed by atoms with Crippen LogP contribution >= 0.6 is 0 Å². The maximum absolute atomic E-state index is 11.0. The van der Waals surface area contributed by atoms with Crippen molar-refractivity contribution in [3.63, 3.8) is 0 Å². The third kappa shape index (κ3) is 3.69. The molecule has 0 spiro atoms. The van der Waals surface area contributed by atoms with Crippen LogP contribution in [0.4, 0.5) is 0 Å². The van der Waals surface area contributed by atoms with Crippen LogP contribution < -0.4 is 5.73 Å². The second-order valence-corrected chi connectivity index (χ2v) is 2.97. The molecule has 1 unspecified atom stereocenters. The normalized spacial score (nSPS) is 15.3. The molecule has 0 aliphatic rings. The van der Waals surface area contributed by atoms with E-state index in [0.29, 0.717) is 6.61 Å². The Kier molecular flexibility index (Phi) is 4.85. The Morgan fingerprint density at radius 1 is 1.67 bits per heavy atom. The van der Waals surface area contributed by atoms with Crippen LogP contribution in [0.5, 0.6) is 0 Å². The summed E-state index contributed by atoms with van der Waals surface area (Å²) < 4.78 is 4.77. The van der Waals surface area contributed by atoms with E-state index in [0.717, 1.165) is 12.8 Å². The highest BCUT2D eigenvalue weighted by Crippen LogP contribution is 2.03. The highest BCUT2D eigenvalue weighted by molar-refractivity contribution is 5.78. The van der Waals surface area contributed by atoms with E-state index in [9.17, 15) is 9.90 Å². The molecule has 0 saturated heterocycles. The van der Waals surface area contributed by atoms with Crippen molar-refractivity contribution in [2.45, 2.75) is 32.3 Å². The second kappa shape index (κ2) is 5.11. The second-order valence-electron chi connectivity index (χ2n) is 2.97. The van der Waals surface area contributed by atoms with Crippen molar-refractivity contribution in [2.24, 2.45) is 5.73 Å². The first-order valence-electron chi connectivity index (χ1n) is 4.14. The van der Waals surface area contributed by atoms with Crippen molar-refractivity contribution in [3.05, 3.63) is 0 Å². The van der Waals surface area contributed by atoms with Crippen LogP contribution in [-0.2, 0) is 9.53 Å². The smallest absolute Gasteiger partial charge is 0.339 e. The fraction of sp³-hybridized carbons (Fsp3) is 0.875. The van der Waals surface area contributed by atoms with Crippen LogP contribution in [0, 0.1) is 0 Å². The van der Waals surface area contributed by atoms with Gasteiger partial charge in [-0.15, -0.1) is 0 Å². The van der Waals surface area contributed by atoms with E-state index >= 15 is 0 Å². The molecule has 72 valence electrons. The Hall–Kier alpha value is -0.610. The lowest BCUT2D eigenvalue weighted by Gasteiger charge is -2.18. The van der Waals surface area contributed by atoms with Crippen LogP contribution in [-0.4, -0.2) is 29.8 Å². The summed E-state index contributed by atoms with van der Waals surface area (Å²) in [6.07, 6.45) is 1.77. The Morgan fingerprint density at radius 3 is 2.67 bits per heavy atom. The average molecular weight is 175 g/mol. The third-order valence-corrected chi connectivity index (χ3v) is 1.57. The SMILES string of the molecule is CCCCOC(=O)C(C)(O)CN. The summed E-state index contributed by atoms with van der Waals surface area (Å²) in [5.74, 6) is -0.640. The van der Waals surface area contributed by atoms with Crippen molar-refractivity contribution in [1.29, 1.82) is 0 Å². The standard InChI is InChI=1S/C8H17NO3/c1-3-4-5-12-7(10)8(2,11)6-9/h11H,3-6,9H2,1-2H3. The van der Waals surface area contributed by atoms with Gasteiger partial charge in [-0.3, -0.25) is 0 Å². The molecule has 0 aromatic heterocycles. The van der Waals surface area contributed by atoms with Crippen LogP contribution in [0.3, 0.4) is 0 Å². The van der Waals surface area contributed by atoms with Crippen molar-refractivity contribution in [2.75, 3.05) is 13.2 Å². The lowest BCUT2D eigenvalue weighted by molar-refractivity contribution is -0.162. The highest BCUT2D eigenvalue weighted by Gasteiger charge is 2.29. The van der Waals surface area contributed by atoms with Crippen LogP contribution in [0.15, 0.2) is 0 Å². The van der Waals surface area contributed by atoms with Gasteiger partial charge in [0.2, 0.25) is 0 Å². The van der Waals surface area contributed by atoms with Gasteiger partial charge in [-0.1, -0.05) is 13.3 Å². The number of carbonyl (C=O) groups is 1. The van der Waals surface area contributed by atoms with Gasteiger partial charge in [0.1, 0.15) is 0 Å². The molecular formula is C8H17NO3. The van der Waals surface area contributed by atoms with Crippen LogP contribution in [0.2, 0.25) is 0 Å². The number of rotatable bonds is 5. The van der Waals surface area contributed by atoms with Crippen LogP contribution in [0.1, 0.15) is 26.7 Å². The molecule has 0 fully saturated rings. The molecule has 1 atom stereocenters.